The zero-order valence-electron chi connectivity index (χ0n) is 16.9. The molecule has 0 spiro atoms. The molecule has 13 heteroatoms. The van der Waals surface area contributed by atoms with E-state index in [1.165, 1.54) is 0 Å². The predicted octanol–water partition coefficient (Wildman–Crippen LogP) is 2.50. The molecule has 0 saturated heterocycles. The summed E-state index contributed by atoms with van der Waals surface area (Å²) >= 11 is 0. The van der Waals surface area contributed by atoms with Crippen LogP contribution < -0.4 is 10.8 Å². The Labute approximate surface area is 168 Å². The smallest absolute Gasteiger partial charge is 0.429 e. The van der Waals surface area contributed by atoms with Gasteiger partial charge in [0.15, 0.2) is 6.10 Å². The predicted molar refractivity (Wildman–Crippen MR) is 90.4 cm³/mol. The minimum absolute atomic E-state index is 0.152. The van der Waals surface area contributed by atoms with Crippen molar-refractivity contribution in [2.75, 3.05) is 0 Å². The standard InChI is InChI=1S/C17H24F6N2O5/c1-6-8(2)11(13(27)29-14(3,4)5)24-12(26)9-7-10(30-25-9)15(28,16(18,19)20)17(21,22)23/h7-8,10-11,25,28H,6H2,1-5H3,(H,24,26). The zero-order valence-corrected chi connectivity index (χ0v) is 16.9. The summed E-state index contributed by atoms with van der Waals surface area (Å²) in [4.78, 5) is 28.9. The van der Waals surface area contributed by atoms with E-state index in [-0.39, 0.29) is 6.08 Å². The molecule has 1 heterocycles. The van der Waals surface area contributed by atoms with Gasteiger partial charge in [0, 0.05) is 0 Å². The molecule has 3 unspecified atom stereocenters. The lowest BCUT2D eigenvalue weighted by Gasteiger charge is -2.34. The first-order valence-corrected chi connectivity index (χ1v) is 8.88. The summed E-state index contributed by atoms with van der Waals surface area (Å²) in [5, 5.41) is 11.6. The van der Waals surface area contributed by atoms with Crippen LogP contribution in [0.4, 0.5) is 26.3 Å². The molecule has 0 radical (unpaired) electrons. The first-order valence-electron chi connectivity index (χ1n) is 8.88. The minimum atomic E-state index is -6.14. The Morgan fingerprint density at radius 2 is 1.70 bits per heavy atom. The lowest BCUT2D eigenvalue weighted by molar-refractivity contribution is -0.390. The fraction of sp³-hybridized carbons (Fsp3) is 0.765. The van der Waals surface area contributed by atoms with E-state index in [0.29, 0.717) is 6.42 Å². The molecule has 7 nitrogen and oxygen atoms in total. The summed E-state index contributed by atoms with van der Waals surface area (Å²) in [7, 11) is 0. The molecule has 1 amide bonds. The fourth-order valence-corrected chi connectivity index (χ4v) is 2.41. The first-order chi connectivity index (χ1) is 13.3. The van der Waals surface area contributed by atoms with Gasteiger partial charge >= 0.3 is 18.3 Å². The maximum Gasteiger partial charge on any atom is 0.429 e. The molecule has 1 aliphatic rings. The highest BCUT2D eigenvalue weighted by atomic mass is 19.4. The molecule has 0 aromatic carbocycles. The van der Waals surface area contributed by atoms with E-state index < -0.39 is 59.2 Å². The van der Waals surface area contributed by atoms with Gasteiger partial charge < -0.3 is 15.2 Å². The number of aliphatic hydroxyl groups is 1. The second-order valence-corrected chi connectivity index (χ2v) is 7.85. The third-order valence-corrected chi connectivity index (χ3v) is 4.29. The Morgan fingerprint density at radius 3 is 2.10 bits per heavy atom. The second-order valence-electron chi connectivity index (χ2n) is 7.85. The monoisotopic (exact) mass is 450 g/mol. The number of hydroxylamine groups is 1. The number of rotatable bonds is 6. The molecule has 0 aromatic heterocycles. The molecule has 0 bridgehead atoms. The Morgan fingerprint density at radius 1 is 1.20 bits per heavy atom. The minimum Gasteiger partial charge on any atom is -0.458 e. The number of hydrogen-bond acceptors (Lipinski definition) is 6. The number of ether oxygens (including phenoxy) is 1. The Hall–Kier alpha value is -2.02. The molecule has 0 aromatic rings. The molecule has 1 aliphatic heterocycles. The van der Waals surface area contributed by atoms with E-state index in [4.69, 9.17) is 4.74 Å². The molecule has 30 heavy (non-hydrogen) atoms. The van der Waals surface area contributed by atoms with Gasteiger partial charge in [0.1, 0.15) is 17.3 Å². The number of nitrogens with one attached hydrogen (secondary N) is 2. The summed E-state index contributed by atoms with van der Waals surface area (Å²) in [6.45, 7) is 8.03. The second kappa shape index (κ2) is 8.61. The summed E-state index contributed by atoms with van der Waals surface area (Å²) in [5.74, 6) is -2.51. The molecular weight excluding hydrogens is 426 g/mol. The van der Waals surface area contributed by atoms with Crippen LogP contribution in [0.15, 0.2) is 11.8 Å². The van der Waals surface area contributed by atoms with Crippen LogP contribution in [0.25, 0.3) is 0 Å². The molecule has 0 fully saturated rings. The number of hydrogen-bond donors (Lipinski definition) is 3. The van der Waals surface area contributed by atoms with E-state index >= 15 is 0 Å². The van der Waals surface area contributed by atoms with Gasteiger partial charge in [-0.1, -0.05) is 20.3 Å². The fourth-order valence-electron chi connectivity index (χ4n) is 2.41. The van der Waals surface area contributed by atoms with E-state index in [2.05, 4.69) is 10.2 Å². The van der Waals surface area contributed by atoms with Gasteiger partial charge in [-0.3, -0.25) is 15.1 Å². The van der Waals surface area contributed by atoms with E-state index in [1.807, 2.05) is 0 Å². The Balaban J connectivity index is 3.12. The van der Waals surface area contributed by atoms with Crippen molar-refractivity contribution in [3.05, 3.63) is 11.8 Å². The summed E-state index contributed by atoms with van der Waals surface area (Å²) in [6, 6.07) is -1.23. The number of amides is 1. The highest BCUT2D eigenvalue weighted by Crippen LogP contribution is 2.47. The topological polar surface area (TPSA) is 96.9 Å². The number of carbonyl (C=O) groups excluding carboxylic acids is 2. The normalized spacial score (nSPS) is 20.1. The van der Waals surface area contributed by atoms with Crippen molar-refractivity contribution in [1.29, 1.82) is 0 Å². The third-order valence-electron chi connectivity index (χ3n) is 4.29. The van der Waals surface area contributed by atoms with Crippen molar-refractivity contribution in [1.82, 2.24) is 10.8 Å². The highest BCUT2D eigenvalue weighted by molar-refractivity contribution is 5.96. The number of carbonyl (C=O) groups is 2. The van der Waals surface area contributed by atoms with Crippen molar-refractivity contribution >= 4 is 11.9 Å². The van der Waals surface area contributed by atoms with Gasteiger partial charge in [-0.05, 0) is 32.8 Å². The van der Waals surface area contributed by atoms with Crippen molar-refractivity contribution in [2.24, 2.45) is 5.92 Å². The maximum absolute atomic E-state index is 12.9. The maximum atomic E-state index is 12.9. The first kappa shape index (κ1) is 26.0. The van der Waals surface area contributed by atoms with E-state index in [0.717, 1.165) is 0 Å². The van der Waals surface area contributed by atoms with Crippen LogP contribution in [0.1, 0.15) is 41.0 Å². The lowest BCUT2D eigenvalue weighted by Crippen LogP contribution is -2.64. The van der Waals surface area contributed by atoms with Crippen LogP contribution in [0.2, 0.25) is 0 Å². The molecular formula is C17H24F6N2O5. The molecule has 0 aliphatic carbocycles. The van der Waals surface area contributed by atoms with Crippen LogP contribution in [0, 0.1) is 5.92 Å². The van der Waals surface area contributed by atoms with Crippen molar-refractivity contribution in [3.8, 4) is 0 Å². The highest BCUT2D eigenvalue weighted by Gasteiger charge is 2.75. The molecule has 0 saturated carbocycles. The summed E-state index contributed by atoms with van der Waals surface area (Å²) in [5.41, 5.74) is -5.34. The van der Waals surface area contributed by atoms with Crippen molar-refractivity contribution < 1.29 is 50.6 Å². The van der Waals surface area contributed by atoms with Gasteiger partial charge in [-0.2, -0.15) is 26.3 Å². The quantitative estimate of drug-likeness (QED) is 0.425. The summed E-state index contributed by atoms with van der Waals surface area (Å²) in [6.07, 6.45) is -14.7. The van der Waals surface area contributed by atoms with Gasteiger partial charge in [0.2, 0.25) is 0 Å². The van der Waals surface area contributed by atoms with Crippen LogP contribution in [-0.4, -0.2) is 52.7 Å². The largest absolute Gasteiger partial charge is 0.458 e. The van der Waals surface area contributed by atoms with Crippen LogP contribution >= 0.6 is 0 Å². The lowest BCUT2D eigenvalue weighted by atomic mass is 9.94. The van der Waals surface area contributed by atoms with Gasteiger partial charge in [0.05, 0.1) is 0 Å². The van der Waals surface area contributed by atoms with Crippen LogP contribution in [0.3, 0.4) is 0 Å². The Kier molecular flexibility index (Phi) is 7.47. The number of esters is 1. The average Bonchev–Trinajstić information content (AvgIpc) is 3.04. The zero-order chi connectivity index (χ0) is 23.7. The summed E-state index contributed by atoms with van der Waals surface area (Å²) < 4.78 is 82.8. The van der Waals surface area contributed by atoms with Gasteiger partial charge in [0.25, 0.3) is 11.5 Å². The van der Waals surface area contributed by atoms with Crippen LogP contribution in [-0.2, 0) is 19.2 Å². The SMILES string of the molecule is CCC(C)C(NC(=O)C1=CC(C(O)(C(F)(F)F)C(F)(F)F)ON1)C(=O)OC(C)(C)C. The number of halogens is 6. The van der Waals surface area contributed by atoms with E-state index in [9.17, 15) is 41.0 Å². The average molecular weight is 450 g/mol. The van der Waals surface area contributed by atoms with Crippen LogP contribution in [0.5, 0.6) is 0 Å². The van der Waals surface area contributed by atoms with Crippen molar-refractivity contribution in [3.63, 3.8) is 0 Å². The molecule has 3 atom stereocenters. The van der Waals surface area contributed by atoms with Gasteiger partial charge in [-0.25, -0.2) is 4.79 Å². The molecule has 3 N–H and O–H groups in total. The molecule has 1 rings (SSSR count). The van der Waals surface area contributed by atoms with Crippen molar-refractivity contribution in [2.45, 2.75) is 76.7 Å². The Bertz CT molecular complexity index is 670. The van der Waals surface area contributed by atoms with E-state index in [1.54, 1.807) is 40.1 Å². The molecule has 174 valence electrons. The third kappa shape index (κ3) is 5.56. The van der Waals surface area contributed by atoms with Gasteiger partial charge in [-0.15, -0.1) is 0 Å². The number of alkyl halides is 6.